The number of benzene rings is 2. The molecule has 1 aliphatic rings. The van der Waals surface area contributed by atoms with E-state index in [2.05, 4.69) is 37.2 Å². The summed E-state index contributed by atoms with van der Waals surface area (Å²) in [4.78, 5) is 38.3. The fourth-order valence-corrected chi connectivity index (χ4v) is 3.70. The number of nitrogens with one attached hydrogen (secondary N) is 1. The molecule has 0 saturated carbocycles. The van der Waals surface area contributed by atoms with Gasteiger partial charge in [0.05, 0.1) is 5.92 Å². The molecule has 2 amide bonds. The van der Waals surface area contributed by atoms with Crippen LogP contribution in [0.1, 0.15) is 17.5 Å². The van der Waals surface area contributed by atoms with Crippen LogP contribution >= 0.6 is 31.9 Å². The molecule has 0 unspecified atom stereocenters. The minimum absolute atomic E-state index is 0.0710. The number of rotatable bonds is 5. The van der Waals surface area contributed by atoms with Gasteiger partial charge in [0.1, 0.15) is 0 Å². The lowest BCUT2D eigenvalue weighted by Crippen LogP contribution is -2.28. The lowest BCUT2D eigenvalue weighted by Gasteiger charge is -2.16. The first-order valence-electron chi connectivity index (χ1n) is 9.03. The van der Waals surface area contributed by atoms with Crippen molar-refractivity contribution in [3.05, 3.63) is 56.5 Å². The molecule has 0 aliphatic carbocycles. The van der Waals surface area contributed by atoms with Crippen molar-refractivity contribution in [3.8, 4) is 0 Å². The maximum absolute atomic E-state index is 12.3. The third-order valence-electron chi connectivity index (χ3n) is 4.66. The predicted molar refractivity (Wildman–Crippen MR) is 118 cm³/mol. The molecule has 1 aliphatic heterocycles. The summed E-state index contributed by atoms with van der Waals surface area (Å²) in [6, 6.07) is 11.0. The van der Waals surface area contributed by atoms with Crippen LogP contribution < -0.4 is 10.2 Å². The highest BCUT2D eigenvalue weighted by Crippen LogP contribution is 2.27. The molecular formula is C21H20Br2N2O4. The zero-order chi connectivity index (χ0) is 21.1. The Balaban J connectivity index is 1.53. The third kappa shape index (κ3) is 5.25. The van der Waals surface area contributed by atoms with E-state index in [0.717, 1.165) is 25.8 Å². The molecule has 0 spiro atoms. The number of hydrogen-bond donors (Lipinski definition) is 1. The molecule has 1 fully saturated rings. The Morgan fingerprint density at radius 2 is 1.76 bits per heavy atom. The van der Waals surface area contributed by atoms with Gasteiger partial charge in [-0.15, -0.1) is 0 Å². The Morgan fingerprint density at radius 3 is 2.38 bits per heavy atom. The second-order valence-corrected chi connectivity index (χ2v) is 8.67. The van der Waals surface area contributed by atoms with E-state index < -0.39 is 24.4 Å². The summed E-state index contributed by atoms with van der Waals surface area (Å²) >= 11 is 6.84. The molecule has 6 nitrogen and oxygen atoms in total. The minimum Gasteiger partial charge on any atom is -0.455 e. The lowest BCUT2D eigenvalue weighted by molar-refractivity contribution is -0.151. The molecule has 0 aromatic heterocycles. The summed E-state index contributed by atoms with van der Waals surface area (Å²) in [6.07, 6.45) is 0.0710. The van der Waals surface area contributed by atoms with Crippen molar-refractivity contribution >= 4 is 61.0 Å². The number of amides is 2. The van der Waals surface area contributed by atoms with Gasteiger partial charge in [0.2, 0.25) is 5.91 Å². The first-order chi connectivity index (χ1) is 13.7. The van der Waals surface area contributed by atoms with E-state index in [1.165, 1.54) is 0 Å². The lowest BCUT2D eigenvalue weighted by atomic mass is 10.1. The third-order valence-corrected chi connectivity index (χ3v) is 6.44. The maximum Gasteiger partial charge on any atom is 0.311 e. The Bertz CT molecular complexity index is 937. The maximum atomic E-state index is 12.3. The van der Waals surface area contributed by atoms with Gasteiger partial charge in [0.25, 0.3) is 5.91 Å². The van der Waals surface area contributed by atoms with E-state index >= 15 is 0 Å². The van der Waals surface area contributed by atoms with E-state index in [1.807, 2.05) is 50.2 Å². The van der Waals surface area contributed by atoms with Crippen molar-refractivity contribution in [2.24, 2.45) is 5.92 Å². The summed E-state index contributed by atoms with van der Waals surface area (Å²) in [5.74, 6) is -1.69. The fraction of sp³-hybridized carbons (Fsp3) is 0.286. The summed E-state index contributed by atoms with van der Waals surface area (Å²) in [6.45, 7) is 3.71. The second-order valence-electron chi connectivity index (χ2n) is 6.96. The van der Waals surface area contributed by atoms with E-state index in [-0.39, 0.29) is 18.9 Å². The summed E-state index contributed by atoms with van der Waals surface area (Å²) in [5.41, 5.74) is 3.36. The highest BCUT2D eigenvalue weighted by Gasteiger charge is 2.36. The van der Waals surface area contributed by atoms with Crippen LogP contribution in [0.4, 0.5) is 11.4 Å². The van der Waals surface area contributed by atoms with Crippen LogP contribution in [0.5, 0.6) is 0 Å². The van der Waals surface area contributed by atoms with Gasteiger partial charge < -0.3 is 15.0 Å². The van der Waals surface area contributed by atoms with Gasteiger partial charge in [-0.05, 0) is 61.4 Å². The smallest absolute Gasteiger partial charge is 0.311 e. The van der Waals surface area contributed by atoms with Crippen LogP contribution in [0.15, 0.2) is 45.3 Å². The number of esters is 1. The van der Waals surface area contributed by atoms with Gasteiger partial charge in [-0.25, -0.2) is 0 Å². The van der Waals surface area contributed by atoms with Crippen LogP contribution in [0.2, 0.25) is 0 Å². The number of carbonyl (C=O) groups excluding carboxylic acids is 3. The van der Waals surface area contributed by atoms with Crippen LogP contribution in [0.3, 0.4) is 0 Å². The van der Waals surface area contributed by atoms with E-state index in [1.54, 1.807) is 4.90 Å². The molecule has 1 saturated heterocycles. The van der Waals surface area contributed by atoms with Gasteiger partial charge in [-0.3, -0.25) is 14.4 Å². The first-order valence-corrected chi connectivity index (χ1v) is 10.6. The summed E-state index contributed by atoms with van der Waals surface area (Å²) < 4.78 is 7.05. The minimum atomic E-state index is -0.587. The number of anilines is 2. The standard InChI is InChI=1S/C21H20Br2N2O4/c1-12-7-16(8-13(2)20(12)23)24-18(26)11-29-21(28)14-9-19(27)25(10-14)17-5-3-15(22)4-6-17/h3-8,14H,9-11H2,1-2H3,(H,24,26)/t14-/m1/s1. The molecule has 2 aromatic rings. The number of ether oxygens (including phenoxy) is 1. The largest absolute Gasteiger partial charge is 0.455 e. The Hall–Kier alpha value is -2.19. The van der Waals surface area contributed by atoms with Gasteiger partial charge in [-0.2, -0.15) is 0 Å². The molecule has 0 radical (unpaired) electrons. The van der Waals surface area contributed by atoms with E-state index in [9.17, 15) is 14.4 Å². The monoisotopic (exact) mass is 522 g/mol. The van der Waals surface area contributed by atoms with Crippen LogP contribution in [-0.2, 0) is 19.1 Å². The quantitative estimate of drug-likeness (QED) is 0.591. The number of nitrogens with zero attached hydrogens (tertiary/aromatic N) is 1. The summed E-state index contributed by atoms with van der Waals surface area (Å²) in [7, 11) is 0. The van der Waals surface area contributed by atoms with E-state index in [4.69, 9.17) is 4.74 Å². The average Bonchev–Trinajstić information content (AvgIpc) is 3.06. The fourth-order valence-electron chi connectivity index (χ4n) is 3.21. The van der Waals surface area contributed by atoms with Crippen molar-refractivity contribution < 1.29 is 19.1 Å². The zero-order valence-electron chi connectivity index (χ0n) is 16.0. The highest BCUT2D eigenvalue weighted by atomic mass is 79.9. The summed E-state index contributed by atoms with van der Waals surface area (Å²) in [5, 5.41) is 2.73. The van der Waals surface area contributed by atoms with E-state index in [0.29, 0.717) is 5.69 Å². The second kappa shape index (κ2) is 9.09. The highest BCUT2D eigenvalue weighted by molar-refractivity contribution is 9.10. The molecule has 8 heteroatoms. The van der Waals surface area contributed by atoms with Crippen molar-refractivity contribution in [2.75, 3.05) is 23.4 Å². The molecule has 0 bridgehead atoms. The molecule has 3 rings (SSSR count). The van der Waals surface area contributed by atoms with Gasteiger partial charge in [0, 0.05) is 33.3 Å². The number of halogens is 2. The average molecular weight is 524 g/mol. The molecule has 1 heterocycles. The SMILES string of the molecule is Cc1cc(NC(=O)COC(=O)[C@@H]2CC(=O)N(c3ccc(Br)cc3)C2)cc(C)c1Br. The Labute approximate surface area is 185 Å². The normalized spacial score (nSPS) is 16.1. The van der Waals surface area contributed by atoms with Gasteiger partial charge >= 0.3 is 5.97 Å². The van der Waals surface area contributed by atoms with Crippen LogP contribution in [0.25, 0.3) is 0 Å². The van der Waals surface area contributed by atoms with Gasteiger partial charge in [-0.1, -0.05) is 31.9 Å². The van der Waals surface area contributed by atoms with Gasteiger partial charge in [0.15, 0.2) is 6.61 Å². The Morgan fingerprint density at radius 1 is 1.14 bits per heavy atom. The molecule has 29 heavy (non-hydrogen) atoms. The Kier molecular flexibility index (Phi) is 6.74. The van der Waals surface area contributed by atoms with Crippen molar-refractivity contribution in [3.63, 3.8) is 0 Å². The number of aryl methyl sites for hydroxylation is 2. The van der Waals surface area contributed by atoms with Crippen molar-refractivity contribution in [2.45, 2.75) is 20.3 Å². The van der Waals surface area contributed by atoms with Crippen molar-refractivity contribution in [1.82, 2.24) is 0 Å². The van der Waals surface area contributed by atoms with Crippen LogP contribution in [-0.4, -0.2) is 30.9 Å². The molecule has 2 aromatic carbocycles. The molecule has 1 atom stereocenters. The first kappa shape index (κ1) is 21.5. The van der Waals surface area contributed by atoms with Crippen LogP contribution in [0, 0.1) is 19.8 Å². The van der Waals surface area contributed by atoms with Crippen molar-refractivity contribution in [1.29, 1.82) is 0 Å². The topological polar surface area (TPSA) is 75.7 Å². The molecule has 152 valence electrons. The zero-order valence-corrected chi connectivity index (χ0v) is 19.2. The number of hydrogen-bond acceptors (Lipinski definition) is 4. The number of carbonyl (C=O) groups is 3. The molecular weight excluding hydrogens is 504 g/mol. The molecule has 1 N–H and O–H groups in total. The predicted octanol–water partition coefficient (Wildman–Crippen LogP) is 4.36.